The summed E-state index contributed by atoms with van der Waals surface area (Å²) in [5, 5.41) is 10.3. The normalized spacial score (nSPS) is 27.1. The van der Waals surface area contributed by atoms with E-state index in [-0.39, 0.29) is 19.1 Å². The van der Waals surface area contributed by atoms with Gasteiger partial charge in [-0.2, -0.15) is 0 Å². The second-order valence-electron chi connectivity index (χ2n) is 8.42. The minimum atomic E-state index is -0.733. The van der Waals surface area contributed by atoms with Gasteiger partial charge in [-0.05, 0) is 40.0 Å². The molecule has 3 aliphatic heterocycles. The van der Waals surface area contributed by atoms with Crippen LogP contribution in [0.4, 0.5) is 9.59 Å². The van der Waals surface area contributed by atoms with E-state index in [0.717, 1.165) is 0 Å². The number of hydrazine groups is 1. The van der Waals surface area contributed by atoms with Crippen LogP contribution in [-0.4, -0.2) is 81.3 Å². The number of hydrogen-bond donors (Lipinski definition) is 3. The molecule has 0 aromatic heterocycles. The summed E-state index contributed by atoms with van der Waals surface area (Å²) < 4.78 is 5.30. The lowest BCUT2D eigenvalue weighted by atomic mass is 10.0. The van der Waals surface area contributed by atoms with Gasteiger partial charge in [0, 0.05) is 19.6 Å². The van der Waals surface area contributed by atoms with Crippen LogP contribution in [0, 0.1) is 5.92 Å². The molecule has 5 amide bonds. The Morgan fingerprint density at radius 1 is 1.07 bits per heavy atom. The van der Waals surface area contributed by atoms with E-state index in [1.165, 1.54) is 9.80 Å². The number of hydroxylamine groups is 2. The van der Waals surface area contributed by atoms with Gasteiger partial charge in [-0.1, -0.05) is 0 Å². The van der Waals surface area contributed by atoms with Gasteiger partial charge in [0.15, 0.2) is 0 Å². The summed E-state index contributed by atoms with van der Waals surface area (Å²) in [6.45, 7) is 6.22. The molecule has 3 N–H and O–H groups in total. The van der Waals surface area contributed by atoms with Crippen LogP contribution in [0.2, 0.25) is 0 Å². The molecule has 156 valence electrons. The van der Waals surface area contributed by atoms with Gasteiger partial charge in [-0.25, -0.2) is 14.7 Å². The van der Waals surface area contributed by atoms with Crippen molar-refractivity contribution < 1.29 is 29.1 Å². The van der Waals surface area contributed by atoms with Gasteiger partial charge in [0.2, 0.25) is 5.91 Å². The van der Waals surface area contributed by atoms with Gasteiger partial charge >= 0.3 is 12.1 Å². The number of hydrogen-bond acceptors (Lipinski definition) is 6. The van der Waals surface area contributed by atoms with Crippen molar-refractivity contribution in [3.63, 3.8) is 0 Å². The third-order valence-corrected chi connectivity index (χ3v) is 5.17. The molecular weight excluding hydrogens is 370 g/mol. The molecule has 0 unspecified atom stereocenters. The van der Waals surface area contributed by atoms with Crippen molar-refractivity contribution in [2.75, 3.05) is 19.6 Å². The lowest BCUT2D eigenvalue weighted by molar-refractivity contribution is -0.133. The fourth-order valence-corrected chi connectivity index (χ4v) is 3.70. The van der Waals surface area contributed by atoms with Crippen LogP contribution in [-0.2, 0) is 14.3 Å². The van der Waals surface area contributed by atoms with Gasteiger partial charge < -0.3 is 14.5 Å². The largest absolute Gasteiger partial charge is 0.444 e. The predicted molar refractivity (Wildman–Crippen MR) is 94.7 cm³/mol. The molecule has 0 aromatic rings. The zero-order valence-corrected chi connectivity index (χ0v) is 16.3. The van der Waals surface area contributed by atoms with Crippen molar-refractivity contribution in [3.8, 4) is 0 Å². The average molecular weight is 397 g/mol. The summed E-state index contributed by atoms with van der Waals surface area (Å²) in [7, 11) is 0. The van der Waals surface area contributed by atoms with E-state index in [2.05, 4.69) is 10.9 Å². The molecule has 0 aliphatic carbocycles. The number of urea groups is 1. The van der Waals surface area contributed by atoms with Crippen molar-refractivity contribution >= 4 is 23.9 Å². The number of fused-ring (bicyclic) bond motifs is 2. The number of piperidine rings is 1. The summed E-state index contributed by atoms with van der Waals surface area (Å²) in [6.07, 6.45) is 0.920. The molecule has 11 heteroatoms. The number of nitrogens with one attached hydrogen (secondary N) is 2. The Morgan fingerprint density at radius 2 is 1.75 bits per heavy atom. The fourth-order valence-electron chi connectivity index (χ4n) is 3.70. The highest BCUT2D eigenvalue weighted by atomic mass is 16.6. The number of nitrogens with zero attached hydrogens (tertiary/aromatic N) is 3. The van der Waals surface area contributed by atoms with Gasteiger partial charge in [-0.3, -0.25) is 25.6 Å². The van der Waals surface area contributed by atoms with Gasteiger partial charge in [0.25, 0.3) is 5.91 Å². The first kappa shape index (κ1) is 20.2. The quantitative estimate of drug-likeness (QED) is 0.446. The smallest absolute Gasteiger partial charge is 0.410 e. The Bertz CT molecular complexity index is 677. The first-order valence-electron chi connectivity index (χ1n) is 9.43. The lowest BCUT2D eigenvalue weighted by Gasteiger charge is -2.29. The Hall–Kier alpha value is -2.56. The van der Waals surface area contributed by atoms with E-state index in [9.17, 15) is 24.4 Å². The lowest BCUT2D eigenvalue weighted by Crippen LogP contribution is -2.55. The third-order valence-electron chi connectivity index (χ3n) is 5.17. The zero-order valence-electron chi connectivity index (χ0n) is 16.3. The number of carbonyl (C=O) groups excluding carboxylic acids is 4. The highest BCUT2D eigenvalue weighted by Gasteiger charge is 2.47. The fraction of sp³-hybridized carbons (Fsp3) is 0.765. The Morgan fingerprint density at radius 3 is 2.43 bits per heavy atom. The van der Waals surface area contributed by atoms with Crippen molar-refractivity contribution in [2.24, 2.45) is 5.92 Å². The maximum atomic E-state index is 12.4. The average Bonchev–Trinajstić information content (AvgIpc) is 3.19. The van der Waals surface area contributed by atoms with E-state index < -0.39 is 41.5 Å². The highest BCUT2D eigenvalue weighted by molar-refractivity contribution is 5.90. The topological polar surface area (TPSA) is 132 Å². The first-order valence-corrected chi connectivity index (χ1v) is 9.43. The Balaban J connectivity index is 1.46. The molecule has 11 nitrogen and oxygen atoms in total. The van der Waals surface area contributed by atoms with Crippen LogP contribution < -0.4 is 10.9 Å². The van der Waals surface area contributed by atoms with Crippen LogP contribution in [0.5, 0.6) is 0 Å². The van der Waals surface area contributed by atoms with E-state index in [1.54, 1.807) is 20.8 Å². The standard InChI is InChI=1S/C17H27N5O6/c1-17(2,3)28-16(26)20-7-6-10(8-20)13(23)18-19-14(24)12-5-4-11-9-21(12)15(25)22(11)27/h10-12,27H,4-9H2,1-3H3,(H,18,23)(H,19,24)/t10-,11+,12+/m1/s1. The molecule has 0 saturated carbocycles. The van der Waals surface area contributed by atoms with E-state index in [0.29, 0.717) is 30.9 Å². The van der Waals surface area contributed by atoms with Crippen LogP contribution in [0.1, 0.15) is 40.0 Å². The zero-order chi connectivity index (χ0) is 20.6. The second-order valence-corrected chi connectivity index (χ2v) is 8.42. The summed E-state index contributed by atoms with van der Waals surface area (Å²) >= 11 is 0. The van der Waals surface area contributed by atoms with Crippen LogP contribution in [0.3, 0.4) is 0 Å². The monoisotopic (exact) mass is 397 g/mol. The van der Waals surface area contributed by atoms with E-state index in [4.69, 9.17) is 4.74 Å². The number of rotatable bonds is 2. The summed E-state index contributed by atoms with van der Waals surface area (Å²) in [5.74, 6) is -1.35. The minimum absolute atomic E-state index is 0.214. The molecule has 3 heterocycles. The van der Waals surface area contributed by atoms with E-state index in [1.807, 2.05) is 0 Å². The van der Waals surface area contributed by atoms with Gasteiger partial charge in [0.05, 0.1) is 12.0 Å². The Labute approximate surface area is 162 Å². The molecule has 0 spiro atoms. The number of amides is 5. The molecular formula is C17H27N5O6. The van der Waals surface area contributed by atoms with Crippen LogP contribution in [0.15, 0.2) is 0 Å². The molecule has 3 atom stereocenters. The number of ether oxygens (including phenoxy) is 1. The molecule has 3 saturated heterocycles. The number of carbonyl (C=O) groups is 4. The molecule has 0 radical (unpaired) electrons. The number of likely N-dealkylation sites (tertiary alicyclic amines) is 1. The summed E-state index contributed by atoms with van der Waals surface area (Å²) in [4.78, 5) is 51.5. The van der Waals surface area contributed by atoms with Gasteiger partial charge in [-0.15, -0.1) is 0 Å². The minimum Gasteiger partial charge on any atom is -0.444 e. The Kier molecular flexibility index (Phi) is 5.37. The van der Waals surface area contributed by atoms with Crippen molar-refractivity contribution in [3.05, 3.63) is 0 Å². The highest BCUT2D eigenvalue weighted by Crippen LogP contribution is 2.28. The third kappa shape index (κ3) is 4.13. The second kappa shape index (κ2) is 7.46. The SMILES string of the molecule is CC(C)(C)OC(=O)N1CC[C@@H](C(=O)NNC(=O)[C@@H]2CC[C@H]3CN2C(=O)N3O)C1. The molecule has 3 aliphatic rings. The maximum absolute atomic E-state index is 12.4. The van der Waals surface area contributed by atoms with Crippen molar-refractivity contribution in [1.29, 1.82) is 0 Å². The molecule has 0 aromatic carbocycles. The first-order chi connectivity index (χ1) is 13.1. The maximum Gasteiger partial charge on any atom is 0.410 e. The van der Waals surface area contributed by atoms with E-state index >= 15 is 0 Å². The molecule has 2 bridgehead atoms. The molecule has 3 rings (SSSR count). The van der Waals surface area contributed by atoms with Gasteiger partial charge in [0.1, 0.15) is 11.6 Å². The van der Waals surface area contributed by atoms with Crippen molar-refractivity contribution in [2.45, 2.75) is 57.7 Å². The molecule has 3 fully saturated rings. The summed E-state index contributed by atoms with van der Waals surface area (Å²) in [5.41, 5.74) is 4.14. The molecule has 28 heavy (non-hydrogen) atoms. The van der Waals surface area contributed by atoms with Crippen molar-refractivity contribution in [1.82, 2.24) is 25.7 Å². The summed E-state index contributed by atoms with van der Waals surface area (Å²) in [6, 6.07) is -1.62. The predicted octanol–water partition coefficient (Wildman–Crippen LogP) is 0.0486. The van der Waals surface area contributed by atoms with Crippen LogP contribution >= 0.6 is 0 Å². The van der Waals surface area contributed by atoms with Crippen LogP contribution in [0.25, 0.3) is 0 Å².